The van der Waals surface area contributed by atoms with Crippen LogP contribution < -0.4 is 10.1 Å². The van der Waals surface area contributed by atoms with Crippen molar-refractivity contribution >= 4 is 44.4 Å². The molecule has 2 aromatic carbocycles. The maximum absolute atomic E-state index is 12.4. The summed E-state index contributed by atoms with van der Waals surface area (Å²) in [6, 6.07) is 17.1. The summed E-state index contributed by atoms with van der Waals surface area (Å²) in [7, 11) is 1.58. The number of anilines is 1. The number of halogens is 1. The number of nitrogens with one attached hydrogen (secondary N) is 1. The fraction of sp³-hybridized carbons (Fsp3) is 0.0952. The molecular formula is C21H16BrN3O2S. The highest BCUT2D eigenvalue weighted by Crippen LogP contribution is 2.23. The van der Waals surface area contributed by atoms with Crippen LogP contribution in [0.5, 0.6) is 5.75 Å². The van der Waals surface area contributed by atoms with Crippen molar-refractivity contribution in [1.82, 2.24) is 4.98 Å². The zero-order chi connectivity index (χ0) is 19.9. The highest BCUT2D eigenvalue weighted by Gasteiger charge is 2.12. The predicted molar refractivity (Wildman–Crippen MR) is 114 cm³/mol. The summed E-state index contributed by atoms with van der Waals surface area (Å²) >= 11 is 4.81. The lowest BCUT2D eigenvalue weighted by Crippen LogP contribution is -2.13. The van der Waals surface area contributed by atoms with E-state index in [2.05, 4.69) is 26.2 Å². The number of aromatic nitrogens is 1. The first-order valence-corrected chi connectivity index (χ1v) is 9.94. The van der Waals surface area contributed by atoms with E-state index in [0.717, 1.165) is 26.9 Å². The highest BCUT2D eigenvalue weighted by atomic mass is 79.9. The molecule has 0 bridgehead atoms. The van der Waals surface area contributed by atoms with Gasteiger partial charge in [0, 0.05) is 22.0 Å². The Morgan fingerprint density at radius 1 is 1.25 bits per heavy atom. The zero-order valence-electron chi connectivity index (χ0n) is 15.0. The third kappa shape index (κ3) is 5.28. The lowest BCUT2D eigenvalue weighted by Gasteiger charge is -2.02. The van der Waals surface area contributed by atoms with Crippen LogP contribution in [0.3, 0.4) is 0 Å². The van der Waals surface area contributed by atoms with Gasteiger partial charge in [-0.2, -0.15) is 5.26 Å². The molecule has 3 rings (SSSR count). The lowest BCUT2D eigenvalue weighted by atomic mass is 10.1. The van der Waals surface area contributed by atoms with E-state index < -0.39 is 5.91 Å². The number of ether oxygens (including phenoxy) is 1. The molecule has 0 atom stereocenters. The number of hydrogen-bond acceptors (Lipinski definition) is 5. The molecule has 0 unspecified atom stereocenters. The number of carbonyl (C=O) groups excluding carboxylic acids is 1. The first-order valence-electron chi connectivity index (χ1n) is 8.34. The van der Waals surface area contributed by atoms with Crippen molar-refractivity contribution < 1.29 is 9.53 Å². The van der Waals surface area contributed by atoms with Gasteiger partial charge >= 0.3 is 0 Å². The first-order chi connectivity index (χ1) is 13.6. The summed E-state index contributed by atoms with van der Waals surface area (Å²) in [6.07, 6.45) is 4.00. The van der Waals surface area contributed by atoms with Gasteiger partial charge in [0.15, 0.2) is 5.13 Å². The second-order valence-corrected chi connectivity index (χ2v) is 7.86. The van der Waals surface area contributed by atoms with Crippen molar-refractivity contribution in [3.05, 3.63) is 80.8 Å². The standard InChI is InChI=1S/C21H16BrN3O2S/c1-27-18-8-4-14(5-9-18)10-16(12-23)20(26)25-21-24-13-19(28-21)11-15-2-6-17(22)7-3-15/h2-10,13H,11H2,1H3,(H,24,25,26). The monoisotopic (exact) mass is 453 g/mol. The molecule has 1 N–H and O–H groups in total. The van der Waals surface area contributed by atoms with E-state index in [-0.39, 0.29) is 5.57 Å². The minimum Gasteiger partial charge on any atom is -0.497 e. The molecule has 0 saturated carbocycles. The summed E-state index contributed by atoms with van der Waals surface area (Å²) in [5, 5.41) is 12.5. The van der Waals surface area contributed by atoms with E-state index >= 15 is 0 Å². The molecular weight excluding hydrogens is 438 g/mol. The van der Waals surface area contributed by atoms with Gasteiger partial charge in [-0.3, -0.25) is 10.1 Å². The third-order valence-electron chi connectivity index (χ3n) is 3.86. The van der Waals surface area contributed by atoms with Gasteiger partial charge in [-0.25, -0.2) is 4.98 Å². The van der Waals surface area contributed by atoms with E-state index in [0.29, 0.717) is 10.9 Å². The van der Waals surface area contributed by atoms with Gasteiger partial charge in [-0.05, 0) is 41.5 Å². The average Bonchev–Trinajstić information content (AvgIpc) is 3.15. The van der Waals surface area contributed by atoms with Gasteiger partial charge < -0.3 is 4.74 Å². The minimum absolute atomic E-state index is 0.00910. The van der Waals surface area contributed by atoms with Crippen LogP contribution in [0, 0.1) is 11.3 Å². The molecule has 7 heteroatoms. The number of rotatable bonds is 6. The number of thiazole rings is 1. The van der Waals surface area contributed by atoms with Crippen LogP contribution >= 0.6 is 27.3 Å². The number of carbonyl (C=O) groups is 1. The maximum atomic E-state index is 12.4. The second-order valence-electron chi connectivity index (χ2n) is 5.83. The Bertz CT molecular complexity index is 1030. The third-order valence-corrected chi connectivity index (χ3v) is 5.30. The van der Waals surface area contributed by atoms with Gasteiger partial charge in [0.1, 0.15) is 17.4 Å². The Labute approximate surface area is 175 Å². The van der Waals surface area contributed by atoms with Crippen molar-refractivity contribution in [2.45, 2.75) is 6.42 Å². The number of amides is 1. The number of nitrogens with zero attached hydrogens (tertiary/aromatic N) is 2. The van der Waals surface area contributed by atoms with Gasteiger partial charge in [-0.15, -0.1) is 11.3 Å². The Kier molecular flexibility index (Phi) is 6.58. The number of benzene rings is 2. The second kappa shape index (κ2) is 9.31. The number of hydrogen-bond donors (Lipinski definition) is 1. The van der Waals surface area contributed by atoms with Crippen LogP contribution in [0.2, 0.25) is 0 Å². The van der Waals surface area contributed by atoms with Gasteiger partial charge in [-0.1, -0.05) is 40.2 Å². The van der Waals surface area contributed by atoms with Crippen molar-refractivity contribution in [2.24, 2.45) is 0 Å². The molecule has 1 amide bonds. The van der Waals surface area contributed by atoms with E-state index in [4.69, 9.17) is 4.74 Å². The van der Waals surface area contributed by atoms with E-state index in [9.17, 15) is 10.1 Å². The summed E-state index contributed by atoms with van der Waals surface area (Å²) in [5.41, 5.74) is 1.90. The van der Waals surface area contributed by atoms with Crippen LogP contribution in [-0.4, -0.2) is 18.0 Å². The van der Waals surface area contributed by atoms with Crippen molar-refractivity contribution in [3.8, 4) is 11.8 Å². The van der Waals surface area contributed by atoms with E-state index in [1.165, 1.54) is 17.4 Å². The summed E-state index contributed by atoms with van der Waals surface area (Å²) < 4.78 is 6.13. The predicted octanol–water partition coefficient (Wildman–Crippen LogP) is 5.05. The molecule has 1 aromatic heterocycles. The van der Waals surface area contributed by atoms with E-state index in [1.54, 1.807) is 37.6 Å². The molecule has 28 heavy (non-hydrogen) atoms. The molecule has 3 aromatic rings. The average molecular weight is 454 g/mol. The molecule has 0 aliphatic rings. The maximum Gasteiger partial charge on any atom is 0.268 e. The molecule has 1 heterocycles. The van der Waals surface area contributed by atoms with Crippen LogP contribution in [0.4, 0.5) is 5.13 Å². The van der Waals surface area contributed by atoms with Gasteiger partial charge in [0.2, 0.25) is 0 Å². The number of methoxy groups -OCH3 is 1. The van der Waals surface area contributed by atoms with Gasteiger partial charge in [0.05, 0.1) is 7.11 Å². The van der Waals surface area contributed by atoms with Crippen LogP contribution in [0.25, 0.3) is 6.08 Å². The molecule has 0 aliphatic carbocycles. The Morgan fingerprint density at radius 2 is 1.96 bits per heavy atom. The summed E-state index contributed by atoms with van der Waals surface area (Å²) in [4.78, 5) is 17.7. The first kappa shape index (κ1) is 19.8. The molecule has 5 nitrogen and oxygen atoms in total. The topological polar surface area (TPSA) is 75.0 Å². The zero-order valence-corrected chi connectivity index (χ0v) is 17.4. The largest absolute Gasteiger partial charge is 0.497 e. The molecule has 0 radical (unpaired) electrons. The van der Waals surface area contributed by atoms with E-state index in [1.807, 2.05) is 30.3 Å². The summed E-state index contributed by atoms with van der Waals surface area (Å²) in [6.45, 7) is 0. The van der Waals surface area contributed by atoms with Crippen LogP contribution in [0.1, 0.15) is 16.0 Å². The van der Waals surface area contributed by atoms with Crippen molar-refractivity contribution in [3.63, 3.8) is 0 Å². The Morgan fingerprint density at radius 3 is 2.61 bits per heavy atom. The van der Waals surface area contributed by atoms with Crippen LogP contribution in [-0.2, 0) is 11.2 Å². The molecule has 140 valence electrons. The smallest absolute Gasteiger partial charge is 0.268 e. The molecule has 0 saturated heterocycles. The number of nitriles is 1. The SMILES string of the molecule is COc1ccc(C=C(C#N)C(=O)Nc2ncc(Cc3ccc(Br)cc3)s2)cc1. The van der Waals surface area contributed by atoms with Crippen LogP contribution in [0.15, 0.2) is 64.8 Å². The molecule has 0 aliphatic heterocycles. The van der Waals surface area contributed by atoms with Crippen molar-refractivity contribution in [1.29, 1.82) is 5.26 Å². The fourth-order valence-electron chi connectivity index (χ4n) is 2.43. The lowest BCUT2D eigenvalue weighted by molar-refractivity contribution is -0.112. The molecule has 0 fully saturated rings. The summed E-state index contributed by atoms with van der Waals surface area (Å²) in [5.74, 6) is 0.226. The highest BCUT2D eigenvalue weighted by molar-refractivity contribution is 9.10. The Hall–Kier alpha value is -2.95. The normalized spacial score (nSPS) is 11.0. The molecule has 0 spiro atoms. The van der Waals surface area contributed by atoms with Gasteiger partial charge in [0.25, 0.3) is 5.91 Å². The quantitative estimate of drug-likeness (QED) is 0.418. The minimum atomic E-state index is -0.483. The Balaban J connectivity index is 1.67. The van der Waals surface area contributed by atoms with Crippen molar-refractivity contribution in [2.75, 3.05) is 12.4 Å². The fourth-order valence-corrected chi connectivity index (χ4v) is 3.54.